The summed E-state index contributed by atoms with van der Waals surface area (Å²) < 4.78 is 24.4. The average molecular weight is 590 g/mol. The monoisotopic (exact) mass is 589 g/mol. The fourth-order valence-corrected chi connectivity index (χ4v) is 5.94. The molecule has 12 heteroatoms. The number of amides is 3. The Morgan fingerprint density at radius 3 is 2.37 bits per heavy atom. The zero-order valence-electron chi connectivity index (χ0n) is 22.1. The number of nitrogens with zero attached hydrogens (tertiary/aromatic N) is 3. The second-order valence-electron chi connectivity index (χ2n) is 10.2. The number of nitrogens with one attached hydrogen (secondary N) is 2. The molecule has 1 aliphatic heterocycles. The van der Waals surface area contributed by atoms with Crippen LogP contribution in [-0.4, -0.2) is 64.9 Å². The van der Waals surface area contributed by atoms with Crippen LogP contribution in [0.4, 0.5) is 5.13 Å². The second-order valence-corrected chi connectivity index (χ2v) is 13.0. The third kappa shape index (κ3) is 5.79. The van der Waals surface area contributed by atoms with E-state index in [-0.39, 0.29) is 23.4 Å². The maximum Gasteiger partial charge on any atom is 0.256 e. The van der Waals surface area contributed by atoms with Gasteiger partial charge in [0.1, 0.15) is 6.04 Å². The lowest BCUT2D eigenvalue weighted by Crippen LogP contribution is -2.56. The van der Waals surface area contributed by atoms with Gasteiger partial charge < -0.3 is 15.5 Å². The van der Waals surface area contributed by atoms with Crippen molar-refractivity contribution in [3.8, 4) is 22.4 Å². The number of carbonyl (C=O) groups is 3. The maximum absolute atomic E-state index is 13.0. The second kappa shape index (κ2) is 10.6. The fraction of sp³-hybridized carbons (Fsp3) is 0.241. The molecule has 1 atom stereocenters. The van der Waals surface area contributed by atoms with Gasteiger partial charge in [0.05, 0.1) is 17.5 Å². The zero-order valence-corrected chi connectivity index (χ0v) is 23.7. The topological polar surface area (TPSA) is 130 Å². The van der Waals surface area contributed by atoms with Crippen LogP contribution in [0, 0.1) is 0 Å². The van der Waals surface area contributed by atoms with Crippen LogP contribution >= 0.6 is 11.3 Å². The average Bonchev–Trinajstić information content (AvgIpc) is 3.38. The molecule has 41 heavy (non-hydrogen) atoms. The van der Waals surface area contributed by atoms with Crippen LogP contribution in [0.25, 0.3) is 22.4 Å². The van der Waals surface area contributed by atoms with Crippen LogP contribution in [0.2, 0.25) is 0 Å². The number of aromatic nitrogens is 2. The van der Waals surface area contributed by atoms with Crippen molar-refractivity contribution in [3.05, 3.63) is 83.5 Å². The molecule has 0 spiro atoms. The van der Waals surface area contributed by atoms with Gasteiger partial charge in [-0.15, -0.1) is 11.3 Å². The highest BCUT2D eigenvalue weighted by molar-refractivity contribution is 7.89. The molecule has 0 bridgehead atoms. The van der Waals surface area contributed by atoms with Gasteiger partial charge in [0, 0.05) is 41.5 Å². The van der Waals surface area contributed by atoms with Crippen molar-refractivity contribution in [2.24, 2.45) is 0 Å². The summed E-state index contributed by atoms with van der Waals surface area (Å²) in [7, 11) is -3.50. The highest BCUT2D eigenvalue weighted by atomic mass is 32.2. The minimum absolute atomic E-state index is 0.0653. The fourth-order valence-electron chi connectivity index (χ4n) is 4.63. The Morgan fingerprint density at radius 1 is 0.951 bits per heavy atom. The number of thiazole rings is 1. The van der Waals surface area contributed by atoms with E-state index in [0.717, 1.165) is 39.8 Å². The lowest BCUT2D eigenvalue weighted by molar-refractivity contribution is -0.123. The summed E-state index contributed by atoms with van der Waals surface area (Å²) in [6.07, 6.45) is 6.18. The first-order valence-electron chi connectivity index (χ1n) is 13.1. The van der Waals surface area contributed by atoms with Gasteiger partial charge in [-0.05, 0) is 54.7 Å². The number of carbonyl (C=O) groups excluding carboxylic acids is 3. The van der Waals surface area contributed by atoms with Crippen molar-refractivity contribution in [1.29, 1.82) is 0 Å². The summed E-state index contributed by atoms with van der Waals surface area (Å²) in [6, 6.07) is 16.4. The molecule has 3 heterocycles. The number of anilines is 1. The first-order chi connectivity index (χ1) is 19.7. The van der Waals surface area contributed by atoms with E-state index in [4.69, 9.17) is 0 Å². The van der Waals surface area contributed by atoms with Crippen molar-refractivity contribution < 1.29 is 22.8 Å². The molecule has 10 nitrogen and oxygen atoms in total. The molecule has 2 N–H and O–H groups in total. The van der Waals surface area contributed by atoms with E-state index >= 15 is 0 Å². The normalized spacial score (nSPS) is 16.6. The van der Waals surface area contributed by atoms with E-state index < -0.39 is 22.0 Å². The quantitative estimate of drug-likeness (QED) is 0.321. The summed E-state index contributed by atoms with van der Waals surface area (Å²) in [6.45, 7) is 0.403. The smallest absolute Gasteiger partial charge is 0.256 e. The number of hydrogen-bond acceptors (Lipinski definition) is 7. The van der Waals surface area contributed by atoms with Gasteiger partial charge in [-0.25, -0.2) is 13.4 Å². The van der Waals surface area contributed by atoms with E-state index in [1.807, 2.05) is 53.9 Å². The first-order valence-corrected chi connectivity index (χ1v) is 15.9. The van der Waals surface area contributed by atoms with E-state index in [1.54, 1.807) is 0 Å². The summed E-state index contributed by atoms with van der Waals surface area (Å²) in [5.74, 6) is -0.808. The van der Waals surface area contributed by atoms with Crippen LogP contribution in [0.5, 0.6) is 0 Å². The van der Waals surface area contributed by atoms with Crippen molar-refractivity contribution in [2.75, 3.05) is 18.1 Å². The predicted octanol–water partition coefficient (Wildman–Crippen LogP) is 3.83. The maximum atomic E-state index is 13.0. The van der Waals surface area contributed by atoms with Crippen LogP contribution in [0.3, 0.4) is 0 Å². The number of likely N-dealkylation sites (tertiary alicyclic amines) is 1. The van der Waals surface area contributed by atoms with Gasteiger partial charge in [0.25, 0.3) is 11.8 Å². The molecule has 2 aromatic heterocycles. The summed E-state index contributed by atoms with van der Waals surface area (Å²) in [5.41, 5.74) is 4.24. The van der Waals surface area contributed by atoms with Crippen LogP contribution in [0.1, 0.15) is 40.0 Å². The summed E-state index contributed by atoms with van der Waals surface area (Å²) in [4.78, 5) is 44.4. The minimum atomic E-state index is -3.50. The van der Waals surface area contributed by atoms with E-state index in [9.17, 15) is 22.8 Å². The largest absolute Gasteiger partial charge is 0.349 e. The van der Waals surface area contributed by atoms with Crippen LogP contribution in [-0.2, 0) is 14.8 Å². The van der Waals surface area contributed by atoms with Gasteiger partial charge in [0.15, 0.2) is 5.13 Å². The highest BCUT2D eigenvalue weighted by Crippen LogP contribution is 2.30. The van der Waals surface area contributed by atoms with Crippen molar-refractivity contribution in [3.63, 3.8) is 0 Å². The molecular formula is C29H27N5O5S2. The van der Waals surface area contributed by atoms with Crippen molar-refractivity contribution in [1.82, 2.24) is 19.2 Å². The molecule has 1 saturated heterocycles. The van der Waals surface area contributed by atoms with Gasteiger partial charge in [0.2, 0.25) is 15.9 Å². The van der Waals surface area contributed by atoms with Crippen LogP contribution < -0.4 is 10.6 Å². The summed E-state index contributed by atoms with van der Waals surface area (Å²) in [5, 5.41) is 8.10. The lowest BCUT2D eigenvalue weighted by Gasteiger charge is -2.39. The van der Waals surface area contributed by atoms with Crippen LogP contribution in [0.15, 0.2) is 72.4 Å². The van der Waals surface area contributed by atoms with E-state index in [2.05, 4.69) is 15.6 Å². The Morgan fingerprint density at radius 2 is 1.68 bits per heavy atom. The standard InChI is InChI=1S/C29H27N5O5S2/c1-41(38,39)33-12-10-22(16-33)28(37)34-13-11-25(34)27(36)32-29-31-24(17-40-29)20-6-2-4-18(14-20)19-5-3-7-21(15-19)26(35)30-23-8-9-23/h2-7,10,12,14-17,23,25H,8-9,11,13H2,1H3,(H,30,35)(H,31,32,36)/t25-/m0/s1. The predicted molar refractivity (Wildman–Crippen MR) is 156 cm³/mol. The summed E-state index contributed by atoms with van der Waals surface area (Å²) >= 11 is 1.29. The Balaban J connectivity index is 1.12. The van der Waals surface area contributed by atoms with Gasteiger partial charge in [-0.2, -0.15) is 0 Å². The molecule has 1 saturated carbocycles. The molecule has 2 aliphatic rings. The SMILES string of the molecule is CS(=O)(=O)n1ccc(C(=O)N2CC[C@H]2C(=O)Nc2nc(-c3cccc(-c4cccc(C(=O)NC5CC5)c4)c3)cs2)c1. The molecule has 2 aromatic carbocycles. The minimum Gasteiger partial charge on any atom is -0.349 e. The molecule has 210 valence electrons. The zero-order chi connectivity index (χ0) is 28.7. The Bertz CT molecular complexity index is 1770. The molecule has 0 unspecified atom stereocenters. The molecule has 4 aromatic rings. The third-order valence-corrected chi connectivity index (χ3v) is 8.89. The van der Waals surface area contributed by atoms with Gasteiger partial charge in [-0.1, -0.05) is 30.3 Å². The van der Waals surface area contributed by atoms with Gasteiger partial charge >= 0.3 is 0 Å². The number of rotatable bonds is 8. The highest BCUT2D eigenvalue weighted by Gasteiger charge is 2.38. The molecule has 2 fully saturated rings. The van der Waals surface area contributed by atoms with E-state index in [1.165, 1.54) is 34.7 Å². The number of benzene rings is 2. The molecule has 3 amide bonds. The Hall–Kier alpha value is -4.29. The van der Waals surface area contributed by atoms with Gasteiger partial charge in [-0.3, -0.25) is 18.4 Å². The Labute approximate surface area is 241 Å². The lowest BCUT2D eigenvalue weighted by atomic mass is 10.00. The van der Waals surface area contributed by atoms with Crippen molar-refractivity contribution >= 4 is 44.2 Å². The molecular weight excluding hydrogens is 562 g/mol. The van der Waals surface area contributed by atoms with Crippen molar-refractivity contribution in [2.45, 2.75) is 31.3 Å². The molecule has 6 rings (SSSR count). The number of hydrogen-bond donors (Lipinski definition) is 2. The van der Waals surface area contributed by atoms with E-state index in [0.29, 0.717) is 29.4 Å². The molecule has 0 radical (unpaired) electrons. The Kier molecular flexibility index (Phi) is 6.96. The molecule has 1 aliphatic carbocycles. The third-order valence-electron chi connectivity index (χ3n) is 7.14. The first kappa shape index (κ1) is 26.9.